The van der Waals surface area contributed by atoms with Gasteiger partial charge in [-0.1, -0.05) is 39.5 Å². The monoisotopic (exact) mass is 357 g/mol. The van der Waals surface area contributed by atoms with Crippen LogP contribution < -0.4 is 0 Å². The fourth-order valence-electron chi connectivity index (χ4n) is 7.37. The molecule has 5 aliphatic carbocycles. The van der Waals surface area contributed by atoms with Crippen LogP contribution in [0, 0.1) is 48.0 Å². The van der Waals surface area contributed by atoms with E-state index in [1.807, 2.05) is 0 Å². The summed E-state index contributed by atoms with van der Waals surface area (Å²) < 4.78 is 5.75. The molecule has 144 valence electrons. The summed E-state index contributed by atoms with van der Waals surface area (Å²) in [5, 5.41) is 0. The standard InChI is InChI=1S/C23H35NO2/c1-15(2)12-13-26-22(25)23(24-3)14-20-16-8-4-6-10-18(16)21(23)19-11-7-5-9-17(19)20/h15-21H,4-14H2,1-2H3. The molecule has 5 saturated carbocycles. The third-order valence-corrected chi connectivity index (χ3v) is 8.35. The van der Waals surface area contributed by atoms with Crippen LogP contribution in [0.5, 0.6) is 0 Å². The van der Waals surface area contributed by atoms with Crippen LogP contribution in [-0.2, 0) is 9.53 Å². The van der Waals surface area contributed by atoms with E-state index < -0.39 is 5.54 Å². The molecule has 0 saturated heterocycles. The van der Waals surface area contributed by atoms with Crippen LogP contribution in [0.2, 0.25) is 0 Å². The van der Waals surface area contributed by atoms with Gasteiger partial charge in [0.15, 0.2) is 0 Å². The Kier molecular flexibility index (Phi) is 5.06. The second-order valence-corrected chi connectivity index (χ2v) is 9.97. The van der Waals surface area contributed by atoms with Gasteiger partial charge in [0.05, 0.1) is 12.5 Å². The zero-order chi connectivity index (χ0) is 18.3. The molecule has 0 aliphatic heterocycles. The molecule has 3 nitrogen and oxygen atoms in total. The molecule has 5 atom stereocenters. The van der Waals surface area contributed by atoms with Crippen molar-refractivity contribution in [2.75, 3.05) is 6.61 Å². The summed E-state index contributed by atoms with van der Waals surface area (Å²) in [5.74, 6) is 4.01. The summed E-state index contributed by atoms with van der Waals surface area (Å²) in [6.45, 7) is 12.9. The Hall–Kier alpha value is -1.04. The highest BCUT2D eigenvalue weighted by Gasteiger charge is 2.71. The van der Waals surface area contributed by atoms with E-state index >= 15 is 0 Å². The van der Waals surface area contributed by atoms with Crippen molar-refractivity contribution >= 4 is 5.97 Å². The van der Waals surface area contributed by atoms with Gasteiger partial charge in [-0.2, -0.15) is 0 Å². The fourth-order valence-corrected chi connectivity index (χ4v) is 7.37. The van der Waals surface area contributed by atoms with Crippen molar-refractivity contribution in [1.29, 1.82) is 0 Å². The van der Waals surface area contributed by atoms with Crippen molar-refractivity contribution < 1.29 is 9.53 Å². The molecule has 26 heavy (non-hydrogen) atoms. The third-order valence-electron chi connectivity index (χ3n) is 8.35. The Labute approximate surface area is 159 Å². The minimum atomic E-state index is -0.862. The molecule has 0 N–H and O–H groups in total. The van der Waals surface area contributed by atoms with Crippen LogP contribution in [-0.4, -0.2) is 18.1 Å². The minimum absolute atomic E-state index is 0.170. The quantitative estimate of drug-likeness (QED) is 0.491. The van der Waals surface area contributed by atoms with Gasteiger partial charge in [-0.05, 0) is 67.6 Å². The van der Waals surface area contributed by atoms with Crippen LogP contribution in [0.25, 0.3) is 4.85 Å². The van der Waals surface area contributed by atoms with Gasteiger partial charge in [0.1, 0.15) is 0 Å². The number of carbonyl (C=O) groups is 1. The van der Waals surface area contributed by atoms with Gasteiger partial charge in [-0.15, -0.1) is 0 Å². The molecule has 0 aromatic heterocycles. The third kappa shape index (κ3) is 2.79. The Balaban J connectivity index is 1.63. The molecule has 5 fully saturated rings. The Morgan fingerprint density at radius 2 is 1.54 bits per heavy atom. The first-order valence-corrected chi connectivity index (χ1v) is 11.1. The molecule has 0 radical (unpaired) electrons. The van der Waals surface area contributed by atoms with Crippen LogP contribution in [0.1, 0.15) is 78.1 Å². The number of fused-ring (bicyclic) bond motifs is 1. The zero-order valence-electron chi connectivity index (χ0n) is 16.6. The first kappa shape index (κ1) is 18.3. The lowest BCUT2D eigenvalue weighted by Crippen LogP contribution is -2.65. The molecule has 5 aliphatic rings. The highest BCUT2D eigenvalue weighted by molar-refractivity contribution is 5.84. The number of ether oxygens (including phenoxy) is 1. The van der Waals surface area contributed by atoms with E-state index in [-0.39, 0.29) is 11.9 Å². The minimum Gasteiger partial charge on any atom is -0.460 e. The van der Waals surface area contributed by atoms with Crippen molar-refractivity contribution in [2.45, 2.75) is 83.6 Å². The van der Waals surface area contributed by atoms with E-state index in [1.165, 1.54) is 51.4 Å². The summed E-state index contributed by atoms with van der Waals surface area (Å²) in [5.41, 5.74) is -0.862. The van der Waals surface area contributed by atoms with Gasteiger partial charge in [0, 0.05) is 6.42 Å². The maximum absolute atomic E-state index is 13.2. The number of esters is 1. The Morgan fingerprint density at radius 1 is 1.00 bits per heavy atom. The number of hydrogen-bond acceptors (Lipinski definition) is 2. The smallest absolute Gasteiger partial charge is 0.393 e. The maximum atomic E-state index is 13.2. The number of nitrogens with zero attached hydrogens (tertiary/aromatic N) is 1. The highest BCUT2D eigenvalue weighted by atomic mass is 16.5. The Morgan fingerprint density at radius 3 is 2.04 bits per heavy atom. The van der Waals surface area contributed by atoms with Gasteiger partial charge in [0.25, 0.3) is 0 Å². The summed E-state index contributed by atoms with van der Waals surface area (Å²) in [4.78, 5) is 17.4. The largest absolute Gasteiger partial charge is 0.460 e. The predicted molar refractivity (Wildman–Crippen MR) is 102 cm³/mol. The van der Waals surface area contributed by atoms with Gasteiger partial charge < -0.3 is 4.74 Å². The average Bonchev–Trinajstić information content (AvgIpc) is 2.67. The van der Waals surface area contributed by atoms with Crippen LogP contribution in [0.15, 0.2) is 0 Å². The number of hydrogen-bond donors (Lipinski definition) is 0. The first-order chi connectivity index (χ1) is 12.6. The van der Waals surface area contributed by atoms with Gasteiger partial charge in [-0.3, -0.25) is 4.85 Å². The highest BCUT2D eigenvalue weighted by Crippen LogP contribution is 2.66. The predicted octanol–water partition coefficient (Wildman–Crippen LogP) is 5.50. The second-order valence-electron chi connectivity index (χ2n) is 9.97. The summed E-state index contributed by atoms with van der Waals surface area (Å²) in [6, 6.07) is 0. The van der Waals surface area contributed by atoms with Crippen molar-refractivity contribution in [3.8, 4) is 0 Å². The van der Waals surface area contributed by atoms with Gasteiger partial charge in [-0.25, -0.2) is 11.4 Å². The van der Waals surface area contributed by atoms with Crippen molar-refractivity contribution in [2.24, 2.45) is 41.4 Å². The Bertz CT molecular complexity index is 555. The summed E-state index contributed by atoms with van der Waals surface area (Å²) in [6.07, 6.45) is 12.1. The second kappa shape index (κ2) is 7.17. The van der Waals surface area contributed by atoms with Crippen molar-refractivity contribution in [1.82, 2.24) is 0 Å². The van der Waals surface area contributed by atoms with Crippen LogP contribution in [0.3, 0.4) is 0 Å². The normalized spacial score (nSPS) is 44.1. The molecule has 0 aromatic rings. The van der Waals surface area contributed by atoms with E-state index in [1.54, 1.807) is 0 Å². The van der Waals surface area contributed by atoms with E-state index in [4.69, 9.17) is 11.3 Å². The zero-order valence-corrected chi connectivity index (χ0v) is 16.6. The maximum Gasteiger partial charge on any atom is 0.393 e. The van der Waals surface area contributed by atoms with E-state index in [9.17, 15) is 4.79 Å². The number of carbonyl (C=O) groups excluding carboxylic acids is 1. The van der Waals surface area contributed by atoms with Gasteiger partial charge >= 0.3 is 11.5 Å². The molecule has 5 unspecified atom stereocenters. The van der Waals surface area contributed by atoms with Crippen molar-refractivity contribution in [3.05, 3.63) is 11.4 Å². The summed E-state index contributed by atoms with van der Waals surface area (Å²) in [7, 11) is 0. The molecule has 3 heteroatoms. The van der Waals surface area contributed by atoms with E-state index in [0.29, 0.717) is 30.3 Å². The molecule has 2 bridgehead atoms. The first-order valence-electron chi connectivity index (χ1n) is 11.1. The lowest BCUT2D eigenvalue weighted by atomic mass is 9.40. The summed E-state index contributed by atoms with van der Waals surface area (Å²) >= 11 is 0. The molecular weight excluding hydrogens is 322 g/mol. The van der Waals surface area contributed by atoms with Crippen LogP contribution >= 0.6 is 0 Å². The topological polar surface area (TPSA) is 30.7 Å². The average molecular weight is 358 g/mol. The lowest BCUT2D eigenvalue weighted by Gasteiger charge is -2.62. The SMILES string of the molecule is [C-]#[N+]C1(C(=O)OCCC(C)C)CC2C3CCCCC3C1C1CCCCC21. The van der Waals surface area contributed by atoms with Crippen molar-refractivity contribution in [3.63, 3.8) is 0 Å². The molecule has 0 heterocycles. The van der Waals surface area contributed by atoms with Crippen LogP contribution in [0.4, 0.5) is 0 Å². The molecular formula is C23H35NO2. The molecule has 0 aromatic carbocycles. The van der Waals surface area contributed by atoms with E-state index in [2.05, 4.69) is 18.7 Å². The number of rotatable bonds is 4. The molecule has 0 amide bonds. The fraction of sp³-hybridized carbons (Fsp3) is 0.913. The van der Waals surface area contributed by atoms with E-state index in [0.717, 1.165) is 24.7 Å². The van der Waals surface area contributed by atoms with Gasteiger partial charge in [0.2, 0.25) is 0 Å². The molecule has 0 spiro atoms. The lowest BCUT2D eigenvalue weighted by molar-refractivity contribution is -0.179. The molecule has 5 rings (SSSR count).